The van der Waals surface area contributed by atoms with Crippen molar-refractivity contribution in [3.8, 4) is 0 Å². The molecule has 1 fully saturated rings. The van der Waals surface area contributed by atoms with Gasteiger partial charge in [-0.05, 0) is 48.7 Å². The van der Waals surface area contributed by atoms with E-state index in [1.165, 1.54) is 42.7 Å². The molecule has 1 aliphatic rings. The Morgan fingerprint density at radius 2 is 1.35 bits per heavy atom. The van der Waals surface area contributed by atoms with Crippen molar-refractivity contribution in [2.75, 3.05) is 56.0 Å². The second-order valence-corrected chi connectivity index (χ2v) is 14.5. The number of benzene rings is 2. The van der Waals surface area contributed by atoms with Gasteiger partial charge in [0.25, 0.3) is 10.0 Å². The molecule has 0 bridgehead atoms. The van der Waals surface area contributed by atoms with Crippen molar-refractivity contribution in [2.24, 2.45) is 5.41 Å². The SMILES string of the molecule is CCN(c1ccccc1N1CCN(C(=O)CC(C)(C)C)CC1)S(=O)(=O)c1ccc(S(=O)(=O)N(C)C)cc1. The predicted octanol–water partition coefficient (Wildman–Crippen LogP) is 3.24. The van der Waals surface area contributed by atoms with Crippen LogP contribution in [0.25, 0.3) is 0 Å². The smallest absolute Gasteiger partial charge is 0.264 e. The molecule has 0 N–H and O–H groups in total. The van der Waals surface area contributed by atoms with E-state index in [9.17, 15) is 21.6 Å². The summed E-state index contributed by atoms with van der Waals surface area (Å²) in [5.74, 6) is 0.137. The molecule has 0 unspecified atom stereocenters. The summed E-state index contributed by atoms with van der Waals surface area (Å²) in [5.41, 5.74) is 1.25. The largest absolute Gasteiger partial charge is 0.366 e. The fraction of sp³-hybridized carbons (Fsp3) is 0.500. The first-order chi connectivity index (χ1) is 17.2. The molecule has 0 saturated carbocycles. The van der Waals surface area contributed by atoms with E-state index in [1.54, 1.807) is 19.1 Å². The van der Waals surface area contributed by atoms with Crippen LogP contribution in [0.3, 0.4) is 0 Å². The number of hydrogen-bond donors (Lipinski definition) is 0. The maximum atomic E-state index is 13.7. The molecule has 0 atom stereocenters. The Labute approximate surface area is 221 Å². The summed E-state index contributed by atoms with van der Waals surface area (Å²) in [6.07, 6.45) is 0.486. The number of hydrogen-bond acceptors (Lipinski definition) is 6. The molecular weight excluding hydrogens is 512 g/mol. The standard InChI is InChI=1S/C26H38N4O5S2/c1-7-30(37(34,35)22-14-12-21(13-15-22)36(32,33)27(5)6)24-11-9-8-10-23(24)28-16-18-29(19-17-28)25(31)20-26(2,3)4/h8-15H,7,16-20H2,1-6H3. The van der Waals surface area contributed by atoms with Gasteiger partial charge in [0, 0.05) is 53.2 Å². The lowest BCUT2D eigenvalue weighted by Crippen LogP contribution is -2.49. The third-order valence-electron chi connectivity index (χ3n) is 6.28. The van der Waals surface area contributed by atoms with Gasteiger partial charge >= 0.3 is 0 Å². The molecule has 2 aromatic carbocycles. The average molecular weight is 551 g/mol. The Balaban J connectivity index is 1.86. The van der Waals surface area contributed by atoms with E-state index < -0.39 is 20.0 Å². The van der Waals surface area contributed by atoms with Gasteiger partial charge in [-0.1, -0.05) is 32.9 Å². The quantitative estimate of drug-likeness (QED) is 0.501. The normalized spacial score (nSPS) is 15.2. The molecule has 0 radical (unpaired) electrons. The minimum atomic E-state index is -3.96. The summed E-state index contributed by atoms with van der Waals surface area (Å²) in [5, 5.41) is 0. The average Bonchev–Trinajstić information content (AvgIpc) is 2.83. The number of anilines is 2. The molecule has 0 aliphatic carbocycles. The molecule has 2 aromatic rings. The van der Waals surface area contributed by atoms with Gasteiger partial charge < -0.3 is 9.80 Å². The van der Waals surface area contributed by atoms with E-state index in [0.29, 0.717) is 38.3 Å². The molecule has 37 heavy (non-hydrogen) atoms. The van der Waals surface area contributed by atoms with Crippen molar-refractivity contribution >= 4 is 37.3 Å². The summed E-state index contributed by atoms with van der Waals surface area (Å²) in [6.45, 7) is 10.4. The summed E-state index contributed by atoms with van der Waals surface area (Å²) >= 11 is 0. The van der Waals surface area contributed by atoms with E-state index >= 15 is 0 Å². The molecule has 0 spiro atoms. The van der Waals surface area contributed by atoms with Gasteiger partial charge in [-0.15, -0.1) is 0 Å². The first-order valence-corrected chi connectivity index (χ1v) is 15.2. The van der Waals surface area contributed by atoms with E-state index in [4.69, 9.17) is 0 Å². The van der Waals surface area contributed by atoms with Gasteiger partial charge in [-0.25, -0.2) is 21.1 Å². The van der Waals surface area contributed by atoms with Gasteiger partial charge in [-0.3, -0.25) is 9.10 Å². The Morgan fingerprint density at radius 3 is 1.84 bits per heavy atom. The van der Waals surface area contributed by atoms with Gasteiger partial charge in [0.15, 0.2) is 0 Å². The summed E-state index contributed by atoms with van der Waals surface area (Å²) < 4.78 is 54.5. The number of amides is 1. The lowest BCUT2D eigenvalue weighted by atomic mass is 9.91. The number of carbonyl (C=O) groups is 1. The highest BCUT2D eigenvalue weighted by Gasteiger charge is 2.30. The number of piperazine rings is 1. The molecule has 0 aromatic heterocycles. The minimum absolute atomic E-state index is 0.0134. The summed E-state index contributed by atoms with van der Waals surface area (Å²) in [7, 11) is -4.77. The number of para-hydroxylation sites is 2. The zero-order chi connectivity index (χ0) is 27.6. The Hall–Kier alpha value is -2.63. The predicted molar refractivity (Wildman–Crippen MR) is 147 cm³/mol. The van der Waals surface area contributed by atoms with Crippen LogP contribution in [0.2, 0.25) is 0 Å². The molecule has 3 rings (SSSR count). The van der Waals surface area contributed by atoms with Crippen LogP contribution in [0, 0.1) is 5.41 Å². The highest BCUT2D eigenvalue weighted by molar-refractivity contribution is 7.93. The fourth-order valence-electron chi connectivity index (χ4n) is 4.30. The van der Waals surface area contributed by atoms with E-state index in [2.05, 4.69) is 4.90 Å². The molecular formula is C26H38N4O5S2. The molecule has 1 saturated heterocycles. The maximum Gasteiger partial charge on any atom is 0.264 e. The maximum absolute atomic E-state index is 13.7. The van der Waals surface area contributed by atoms with Gasteiger partial charge in [0.1, 0.15) is 0 Å². The monoisotopic (exact) mass is 550 g/mol. The van der Waals surface area contributed by atoms with Crippen LogP contribution in [0.15, 0.2) is 58.3 Å². The number of sulfonamides is 2. The minimum Gasteiger partial charge on any atom is -0.366 e. The second kappa shape index (κ2) is 11.0. The number of carbonyl (C=O) groups excluding carboxylic acids is 1. The highest BCUT2D eigenvalue weighted by Crippen LogP contribution is 2.34. The van der Waals surface area contributed by atoms with Crippen LogP contribution < -0.4 is 9.21 Å². The molecule has 11 heteroatoms. The van der Waals surface area contributed by atoms with Crippen LogP contribution in [0.5, 0.6) is 0 Å². The van der Waals surface area contributed by atoms with E-state index in [0.717, 1.165) is 9.99 Å². The lowest BCUT2D eigenvalue weighted by molar-refractivity contribution is -0.133. The van der Waals surface area contributed by atoms with Crippen molar-refractivity contribution < 1.29 is 21.6 Å². The third kappa shape index (κ3) is 6.45. The number of rotatable bonds is 8. The van der Waals surface area contributed by atoms with Crippen molar-refractivity contribution in [2.45, 2.75) is 43.9 Å². The van der Waals surface area contributed by atoms with Gasteiger partial charge in [0.05, 0.1) is 21.2 Å². The summed E-state index contributed by atoms with van der Waals surface area (Å²) in [6, 6.07) is 12.6. The van der Waals surface area contributed by atoms with Crippen molar-refractivity contribution in [1.29, 1.82) is 0 Å². The number of nitrogens with zero attached hydrogens (tertiary/aromatic N) is 4. The van der Waals surface area contributed by atoms with Crippen LogP contribution in [0.4, 0.5) is 11.4 Å². The lowest BCUT2D eigenvalue weighted by Gasteiger charge is -2.39. The topological polar surface area (TPSA) is 98.3 Å². The second-order valence-electron chi connectivity index (χ2n) is 10.5. The molecule has 1 amide bonds. The van der Waals surface area contributed by atoms with Crippen molar-refractivity contribution in [3.63, 3.8) is 0 Å². The van der Waals surface area contributed by atoms with Gasteiger partial charge in [0.2, 0.25) is 15.9 Å². The molecule has 9 nitrogen and oxygen atoms in total. The third-order valence-corrected chi connectivity index (χ3v) is 10.0. The van der Waals surface area contributed by atoms with Crippen molar-refractivity contribution in [3.05, 3.63) is 48.5 Å². The Kier molecular flexibility index (Phi) is 8.60. The highest BCUT2D eigenvalue weighted by atomic mass is 32.2. The van der Waals surface area contributed by atoms with E-state index in [-0.39, 0.29) is 27.7 Å². The first-order valence-electron chi connectivity index (χ1n) is 12.4. The molecule has 1 heterocycles. The molecule has 1 aliphatic heterocycles. The van der Waals surface area contributed by atoms with Gasteiger partial charge in [-0.2, -0.15) is 0 Å². The van der Waals surface area contributed by atoms with Crippen LogP contribution >= 0.6 is 0 Å². The zero-order valence-electron chi connectivity index (χ0n) is 22.5. The first kappa shape index (κ1) is 28.9. The van der Waals surface area contributed by atoms with Crippen LogP contribution in [0.1, 0.15) is 34.1 Å². The van der Waals surface area contributed by atoms with Crippen LogP contribution in [-0.2, 0) is 24.8 Å². The van der Waals surface area contributed by atoms with Crippen LogP contribution in [-0.4, -0.2) is 78.8 Å². The van der Waals surface area contributed by atoms with Crippen molar-refractivity contribution in [1.82, 2.24) is 9.21 Å². The summed E-state index contributed by atoms with van der Waals surface area (Å²) in [4.78, 5) is 16.7. The Morgan fingerprint density at radius 1 is 0.838 bits per heavy atom. The van der Waals surface area contributed by atoms with E-state index in [1.807, 2.05) is 37.8 Å². The Bertz CT molecular complexity index is 1310. The zero-order valence-corrected chi connectivity index (χ0v) is 24.1. The molecule has 204 valence electrons. The fourth-order valence-corrected chi connectivity index (χ4v) is 6.69.